The number of hydrogen-bond donors (Lipinski definition) is 1. The van der Waals surface area contributed by atoms with Crippen molar-refractivity contribution in [2.24, 2.45) is 5.92 Å². The predicted octanol–water partition coefficient (Wildman–Crippen LogP) is 3.51. The van der Waals surface area contributed by atoms with Crippen LogP contribution in [0.4, 0.5) is 0 Å². The van der Waals surface area contributed by atoms with Gasteiger partial charge in [0.1, 0.15) is 5.69 Å². The molecule has 2 aliphatic rings. The Labute approximate surface area is 167 Å². The van der Waals surface area contributed by atoms with E-state index in [9.17, 15) is 9.59 Å². The molecule has 3 aromatic rings. The molecular weight excluding hydrogens is 376 g/mol. The largest absolute Gasteiger partial charge is 0.348 e. The van der Waals surface area contributed by atoms with Crippen molar-refractivity contribution in [1.82, 2.24) is 19.3 Å². The highest BCUT2D eigenvalue weighted by Gasteiger charge is 2.26. The summed E-state index contributed by atoms with van der Waals surface area (Å²) in [5.41, 5.74) is 1.91. The Morgan fingerprint density at radius 1 is 1.18 bits per heavy atom. The van der Waals surface area contributed by atoms with E-state index in [0.29, 0.717) is 17.5 Å². The zero-order chi connectivity index (χ0) is 19.3. The number of hydrogen-bond acceptors (Lipinski definition) is 3. The third kappa shape index (κ3) is 3.11. The van der Waals surface area contributed by atoms with Gasteiger partial charge < -0.3 is 9.88 Å². The summed E-state index contributed by atoms with van der Waals surface area (Å²) in [6.07, 6.45) is 8.89. The molecular formula is C21H21ClN4O2. The van der Waals surface area contributed by atoms with Crippen molar-refractivity contribution in [3.63, 3.8) is 0 Å². The van der Waals surface area contributed by atoms with Crippen LogP contribution in [-0.2, 0) is 6.54 Å². The summed E-state index contributed by atoms with van der Waals surface area (Å²) in [6, 6.07) is 7.73. The molecule has 28 heavy (non-hydrogen) atoms. The summed E-state index contributed by atoms with van der Waals surface area (Å²) in [7, 11) is 0. The number of carbonyl (C=O) groups is 1. The van der Waals surface area contributed by atoms with Crippen LogP contribution in [0.25, 0.3) is 16.9 Å². The Bertz CT molecular complexity index is 1130. The average molecular weight is 397 g/mol. The van der Waals surface area contributed by atoms with Crippen LogP contribution in [0.3, 0.4) is 0 Å². The number of halogens is 1. The van der Waals surface area contributed by atoms with Crippen LogP contribution in [0.1, 0.15) is 42.6 Å². The monoisotopic (exact) mass is 396 g/mol. The molecule has 1 amide bonds. The third-order valence-electron chi connectivity index (χ3n) is 5.68. The summed E-state index contributed by atoms with van der Waals surface area (Å²) in [4.78, 5) is 30.1. The topological polar surface area (TPSA) is 68.4 Å². The Hall–Kier alpha value is -2.60. The van der Waals surface area contributed by atoms with Gasteiger partial charge >= 0.3 is 0 Å². The van der Waals surface area contributed by atoms with Gasteiger partial charge in [-0.05, 0) is 44.1 Å². The van der Waals surface area contributed by atoms with Crippen LogP contribution in [0, 0.1) is 5.92 Å². The Kier molecular flexibility index (Phi) is 4.23. The maximum Gasteiger partial charge on any atom is 0.294 e. The van der Waals surface area contributed by atoms with Crippen LogP contribution >= 0.6 is 11.6 Å². The fourth-order valence-electron chi connectivity index (χ4n) is 3.63. The van der Waals surface area contributed by atoms with Gasteiger partial charge in [0.05, 0.1) is 5.69 Å². The van der Waals surface area contributed by atoms with Crippen LogP contribution < -0.4 is 10.9 Å². The molecule has 2 fully saturated rings. The number of fused-ring (bicyclic) bond motifs is 1. The number of imidazole rings is 1. The van der Waals surface area contributed by atoms with Gasteiger partial charge in [-0.25, -0.2) is 4.98 Å². The van der Waals surface area contributed by atoms with E-state index in [-0.39, 0.29) is 28.8 Å². The zero-order valence-corrected chi connectivity index (χ0v) is 16.2. The highest BCUT2D eigenvalue weighted by Crippen LogP contribution is 2.33. The maximum absolute atomic E-state index is 13.2. The first-order chi connectivity index (χ1) is 13.6. The number of benzene rings is 1. The second-order valence-electron chi connectivity index (χ2n) is 7.81. The molecule has 7 heteroatoms. The first-order valence-electron chi connectivity index (χ1n) is 9.78. The Morgan fingerprint density at radius 2 is 1.96 bits per heavy atom. The highest BCUT2D eigenvalue weighted by molar-refractivity contribution is 6.33. The van der Waals surface area contributed by atoms with E-state index in [2.05, 4.69) is 10.3 Å². The number of nitrogens with zero attached hydrogens (tertiary/aromatic N) is 3. The molecule has 2 aromatic heterocycles. The number of rotatable bonds is 5. The zero-order valence-electron chi connectivity index (χ0n) is 15.4. The third-order valence-corrected chi connectivity index (χ3v) is 6.01. The van der Waals surface area contributed by atoms with Crippen molar-refractivity contribution in [3.05, 3.63) is 57.7 Å². The van der Waals surface area contributed by atoms with Crippen molar-refractivity contribution >= 4 is 23.2 Å². The van der Waals surface area contributed by atoms with Crippen molar-refractivity contribution in [2.45, 2.75) is 44.7 Å². The molecule has 5 rings (SSSR count). The van der Waals surface area contributed by atoms with E-state index in [1.54, 1.807) is 15.2 Å². The summed E-state index contributed by atoms with van der Waals surface area (Å²) in [6.45, 7) is 0.645. The van der Waals surface area contributed by atoms with E-state index in [4.69, 9.17) is 11.6 Å². The van der Waals surface area contributed by atoms with Gasteiger partial charge in [-0.3, -0.25) is 14.0 Å². The van der Waals surface area contributed by atoms with Gasteiger partial charge in [0.2, 0.25) is 5.65 Å². The maximum atomic E-state index is 13.2. The number of amides is 1. The van der Waals surface area contributed by atoms with E-state index < -0.39 is 0 Å². The first kappa shape index (κ1) is 17.5. The van der Waals surface area contributed by atoms with Crippen LogP contribution in [0.5, 0.6) is 0 Å². The molecule has 2 aliphatic carbocycles. The fourth-order valence-corrected chi connectivity index (χ4v) is 3.86. The van der Waals surface area contributed by atoms with Gasteiger partial charge in [0.15, 0.2) is 0 Å². The second-order valence-corrected chi connectivity index (χ2v) is 8.22. The lowest BCUT2D eigenvalue weighted by molar-refractivity contribution is 0.0912. The molecule has 0 saturated heterocycles. The lowest BCUT2D eigenvalue weighted by Crippen LogP contribution is -2.39. The molecule has 144 valence electrons. The minimum atomic E-state index is -0.221. The molecule has 2 heterocycles. The smallest absolute Gasteiger partial charge is 0.294 e. The Morgan fingerprint density at radius 3 is 2.64 bits per heavy atom. The quantitative estimate of drug-likeness (QED) is 0.717. The number of nitrogens with one attached hydrogen (secondary N) is 1. The van der Waals surface area contributed by atoms with E-state index in [0.717, 1.165) is 43.4 Å². The lowest BCUT2D eigenvalue weighted by Gasteiger charge is -2.25. The molecule has 1 N–H and O–H groups in total. The van der Waals surface area contributed by atoms with Gasteiger partial charge in [0.25, 0.3) is 11.5 Å². The standard InChI is InChI=1S/C21H21ClN4O2/c22-16-7-2-1-6-15(16)18-12-25-11-17(20(27)23-14-4-3-5-14)24-19(25)21(28)26(18)10-13-8-9-13/h1-2,6-7,11-14H,3-5,8-10H2,(H,23,27). The highest BCUT2D eigenvalue weighted by atomic mass is 35.5. The number of aromatic nitrogens is 3. The normalized spacial score (nSPS) is 16.9. The molecule has 0 spiro atoms. The van der Waals surface area contributed by atoms with E-state index >= 15 is 0 Å². The van der Waals surface area contributed by atoms with Crippen LogP contribution in [-0.4, -0.2) is 25.9 Å². The van der Waals surface area contributed by atoms with Crippen molar-refractivity contribution in [2.75, 3.05) is 0 Å². The van der Waals surface area contributed by atoms with Crippen molar-refractivity contribution in [1.29, 1.82) is 0 Å². The average Bonchev–Trinajstić information content (AvgIpc) is 3.36. The van der Waals surface area contributed by atoms with Gasteiger partial charge in [-0.2, -0.15) is 0 Å². The molecule has 0 bridgehead atoms. The van der Waals surface area contributed by atoms with Gasteiger partial charge in [-0.1, -0.05) is 29.8 Å². The van der Waals surface area contributed by atoms with Gasteiger partial charge in [-0.15, -0.1) is 0 Å². The molecule has 0 unspecified atom stereocenters. The summed E-state index contributed by atoms with van der Waals surface area (Å²) in [5.74, 6) is 0.290. The van der Waals surface area contributed by atoms with Crippen molar-refractivity contribution in [3.8, 4) is 11.3 Å². The molecule has 2 saturated carbocycles. The summed E-state index contributed by atoms with van der Waals surface area (Å²) >= 11 is 6.42. The Balaban J connectivity index is 1.62. The van der Waals surface area contributed by atoms with E-state index in [1.807, 2.05) is 30.5 Å². The first-order valence-corrected chi connectivity index (χ1v) is 10.2. The molecule has 1 aromatic carbocycles. The van der Waals surface area contributed by atoms with Gasteiger partial charge in [0, 0.05) is 35.6 Å². The molecule has 0 radical (unpaired) electrons. The lowest BCUT2D eigenvalue weighted by atomic mass is 9.93. The molecule has 6 nitrogen and oxygen atoms in total. The summed E-state index contributed by atoms with van der Waals surface area (Å²) in [5, 5.41) is 3.57. The van der Waals surface area contributed by atoms with E-state index in [1.165, 1.54) is 0 Å². The predicted molar refractivity (Wildman–Crippen MR) is 108 cm³/mol. The van der Waals surface area contributed by atoms with Crippen LogP contribution in [0.15, 0.2) is 41.5 Å². The SMILES string of the molecule is O=C(NC1CCC1)c1cn2cc(-c3ccccc3Cl)n(CC3CC3)c(=O)c2n1. The molecule has 0 atom stereocenters. The minimum Gasteiger partial charge on any atom is -0.348 e. The minimum absolute atomic E-state index is 0.188. The molecule has 0 aliphatic heterocycles. The fraction of sp³-hybridized carbons (Fsp3) is 0.381. The van der Waals surface area contributed by atoms with Crippen LogP contribution in [0.2, 0.25) is 5.02 Å². The second kappa shape index (κ2) is 6.78. The number of carbonyl (C=O) groups excluding carboxylic acids is 1. The van der Waals surface area contributed by atoms with Crippen molar-refractivity contribution < 1.29 is 4.79 Å². The summed E-state index contributed by atoms with van der Waals surface area (Å²) < 4.78 is 3.41.